The van der Waals surface area contributed by atoms with Crippen LogP contribution in [0.2, 0.25) is 0 Å². The second kappa shape index (κ2) is 19.0. The zero-order valence-corrected chi connectivity index (χ0v) is 18.8. The van der Waals surface area contributed by atoms with E-state index in [-0.39, 0.29) is 30.9 Å². The first-order valence-corrected chi connectivity index (χ1v) is 11.5. The Morgan fingerprint density at radius 2 is 1.36 bits per heavy atom. The van der Waals surface area contributed by atoms with E-state index in [0.717, 1.165) is 19.3 Å². The average molecular weight is 397 g/mol. The van der Waals surface area contributed by atoms with Crippen LogP contribution in [-0.4, -0.2) is 24.6 Å². The quantitative estimate of drug-likeness (QED) is 0.146. The molecule has 4 heteroatoms. The smallest absolute Gasteiger partial charge is 0.306 e. The molecule has 0 aromatic carbocycles. The van der Waals surface area contributed by atoms with Gasteiger partial charge in [-0.1, -0.05) is 84.8 Å². The third kappa shape index (κ3) is 16.8. The number of rotatable bonds is 18. The second-order valence-corrected chi connectivity index (χ2v) is 7.92. The van der Waals surface area contributed by atoms with Crippen LogP contribution in [0.1, 0.15) is 111 Å². The fraction of sp³-hybridized carbons (Fsp3) is 0.833. The van der Waals surface area contributed by atoms with Gasteiger partial charge in [-0.3, -0.25) is 9.59 Å². The molecule has 0 spiro atoms. The zero-order chi connectivity index (χ0) is 21.0. The molecule has 0 aliphatic rings. The monoisotopic (exact) mass is 396 g/mol. The zero-order valence-electron chi connectivity index (χ0n) is 18.8. The molecule has 0 saturated carbocycles. The summed E-state index contributed by atoms with van der Waals surface area (Å²) in [4.78, 5) is 23.5. The summed E-state index contributed by atoms with van der Waals surface area (Å²) in [6, 6.07) is 0. The summed E-state index contributed by atoms with van der Waals surface area (Å²) in [6.45, 7) is 8.68. The topological polar surface area (TPSA) is 52.6 Å². The predicted octanol–water partition coefficient (Wildman–Crippen LogP) is 6.76. The third-order valence-corrected chi connectivity index (χ3v) is 4.90. The van der Waals surface area contributed by atoms with Gasteiger partial charge in [0.15, 0.2) is 0 Å². The Hall–Kier alpha value is -1.32. The Morgan fingerprint density at radius 1 is 0.786 bits per heavy atom. The maximum atomic E-state index is 11.8. The van der Waals surface area contributed by atoms with E-state index in [1.807, 2.05) is 20.8 Å². The van der Waals surface area contributed by atoms with Crippen molar-refractivity contribution in [1.82, 2.24) is 0 Å². The summed E-state index contributed by atoms with van der Waals surface area (Å²) in [5.41, 5.74) is 0. The van der Waals surface area contributed by atoms with Crippen LogP contribution in [0.5, 0.6) is 0 Å². The lowest BCUT2D eigenvalue weighted by Gasteiger charge is -2.19. The first-order valence-electron chi connectivity index (χ1n) is 11.5. The van der Waals surface area contributed by atoms with Gasteiger partial charge in [0.2, 0.25) is 0 Å². The number of ether oxygens (including phenoxy) is 2. The maximum Gasteiger partial charge on any atom is 0.306 e. The van der Waals surface area contributed by atoms with Gasteiger partial charge in [-0.05, 0) is 31.6 Å². The molecule has 0 fully saturated rings. The summed E-state index contributed by atoms with van der Waals surface area (Å²) >= 11 is 0. The van der Waals surface area contributed by atoms with Crippen molar-refractivity contribution in [3.63, 3.8) is 0 Å². The van der Waals surface area contributed by atoms with E-state index in [0.29, 0.717) is 12.5 Å². The SMILES string of the molecule is CCCCCCCCCC/C=C/CCOC(=O)CCC(=O)OC(CC)C(C)C. The second-order valence-electron chi connectivity index (χ2n) is 7.92. The molecule has 1 unspecified atom stereocenters. The van der Waals surface area contributed by atoms with Crippen molar-refractivity contribution in [2.24, 2.45) is 5.92 Å². The minimum Gasteiger partial charge on any atom is -0.465 e. The molecule has 164 valence electrons. The summed E-state index contributed by atoms with van der Waals surface area (Å²) in [5.74, 6) is -0.354. The molecule has 0 saturated heterocycles. The van der Waals surface area contributed by atoms with Crippen LogP contribution in [0.4, 0.5) is 0 Å². The predicted molar refractivity (Wildman–Crippen MR) is 116 cm³/mol. The van der Waals surface area contributed by atoms with Gasteiger partial charge >= 0.3 is 11.9 Å². The Morgan fingerprint density at radius 3 is 1.96 bits per heavy atom. The van der Waals surface area contributed by atoms with E-state index in [9.17, 15) is 9.59 Å². The minimum atomic E-state index is -0.328. The molecule has 0 aliphatic carbocycles. The Labute approximate surface area is 173 Å². The Kier molecular flexibility index (Phi) is 18.1. The third-order valence-electron chi connectivity index (χ3n) is 4.90. The van der Waals surface area contributed by atoms with Gasteiger partial charge in [0.05, 0.1) is 19.4 Å². The molecule has 0 bridgehead atoms. The summed E-state index contributed by atoms with van der Waals surface area (Å²) in [6.07, 6.45) is 17.7. The number of hydrogen-bond donors (Lipinski definition) is 0. The molecule has 0 amide bonds. The average Bonchev–Trinajstić information content (AvgIpc) is 2.67. The number of allylic oxidation sites excluding steroid dienone is 1. The van der Waals surface area contributed by atoms with Crippen molar-refractivity contribution < 1.29 is 19.1 Å². The molecule has 0 aliphatic heterocycles. The van der Waals surface area contributed by atoms with Crippen molar-refractivity contribution >= 4 is 11.9 Å². The fourth-order valence-corrected chi connectivity index (χ4v) is 3.07. The van der Waals surface area contributed by atoms with Gasteiger partial charge in [0.1, 0.15) is 6.10 Å². The highest BCUT2D eigenvalue weighted by molar-refractivity contribution is 5.77. The maximum absolute atomic E-state index is 11.8. The van der Waals surface area contributed by atoms with Crippen LogP contribution in [0, 0.1) is 5.92 Å². The van der Waals surface area contributed by atoms with Gasteiger partial charge < -0.3 is 9.47 Å². The molecule has 0 aromatic rings. The Balaban J connectivity index is 3.53. The molecule has 0 aromatic heterocycles. The summed E-state index contributed by atoms with van der Waals surface area (Å²) < 4.78 is 10.5. The number of carbonyl (C=O) groups is 2. The van der Waals surface area contributed by atoms with E-state index < -0.39 is 0 Å². The van der Waals surface area contributed by atoms with E-state index in [2.05, 4.69) is 19.1 Å². The van der Waals surface area contributed by atoms with Crippen LogP contribution in [-0.2, 0) is 19.1 Å². The summed E-state index contributed by atoms with van der Waals surface area (Å²) in [5, 5.41) is 0. The molecule has 0 rings (SSSR count). The lowest BCUT2D eigenvalue weighted by atomic mass is 10.1. The highest BCUT2D eigenvalue weighted by atomic mass is 16.5. The molecule has 0 radical (unpaired) electrons. The van der Waals surface area contributed by atoms with Gasteiger partial charge in [-0.2, -0.15) is 0 Å². The highest BCUT2D eigenvalue weighted by Gasteiger charge is 2.17. The molecule has 4 nitrogen and oxygen atoms in total. The highest BCUT2D eigenvalue weighted by Crippen LogP contribution is 2.12. The van der Waals surface area contributed by atoms with Crippen LogP contribution in [0.15, 0.2) is 12.2 Å². The van der Waals surface area contributed by atoms with E-state index in [1.54, 1.807) is 0 Å². The first kappa shape index (κ1) is 26.7. The van der Waals surface area contributed by atoms with E-state index in [1.165, 1.54) is 51.4 Å². The molecule has 28 heavy (non-hydrogen) atoms. The van der Waals surface area contributed by atoms with Crippen LogP contribution in [0.3, 0.4) is 0 Å². The number of esters is 2. The van der Waals surface area contributed by atoms with Crippen LogP contribution >= 0.6 is 0 Å². The van der Waals surface area contributed by atoms with Gasteiger partial charge in [0.25, 0.3) is 0 Å². The van der Waals surface area contributed by atoms with Crippen molar-refractivity contribution in [2.45, 2.75) is 117 Å². The normalized spacial score (nSPS) is 12.5. The van der Waals surface area contributed by atoms with Crippen molar-refractivity contribution in [3.8, 4) is 0 Å². The van der Waals surface area contributed by atoms with Crippen LogP contribution in [0.25, 0.3) is 0 Å². The van der Waals surface area contributed by atoms with Gasteiger partial charge in [-0.25, -0.2) is 0 Å². The number of carbonyl (C=O) groups excluding carboxylic acids is 2. The standard InChI is InChI=1S/C24H44O4/c1-5-7-8-9-10-11-12-13-14-15-16-17-20-27-23(25)18-19-24(26)28-22(6-2)21(3)4/h15-16,21-22H,5-14,17-20H2,1-4H3/b16-15+. The first-order chi connectivity index (χ1) is 13.5. The fourth-order valence-electron chi connectivity index (χ4n) is 3.07. The molecule has 0 N–H and O–H groups in total. The van der Waals surface area contributed by atoms with Crippen molar-refractivity contribution in [1.29, 1.82) is 0 Å². The summed E-state index contributed by atoms with van der Waals surface area (Å²) in [7, 11) is 0. The number of hydrogen-bond acceptors (Lipinski definition) is 4. The lowest BCUT2D eigenvalue weighted by molar-refractivity contribution is -0.155. The molecular weight excluding hydrogens is 352 g/mol. The van der Waals surface area contributed by atoms with Crippen molar-refractivity contribution in [3.05, 3.63) is 12.2 Å². The molecular formula is C24H44O4. The van der Waals surface area contributed by atoms with Gasteiger partial charge in [0, 0.05) is 0 Å². The van der Waals surface area contributed by atoms with Crippen LogP contribution < -0.4 is 0 Å². The molecule has 1 atom stereocenters. The van der Waals surface area contributed by atoms with E-state index in [4.69, 9.17) is 9.47 Å². The largest absolute Gasteiger partial charge is 0.465 e. The van der Waals surface area contributed by atoms with Crippen molar-refractivity contribution in [2.75, 3.05) is 6.61 Å². The number of unbranched alkanes of at least 4 members (excludes halogenated alkanes) is 8. The minimum absolute atomic E-state index is 0.0743. The van der Waals surface area contributed by atoms with Gasteiger partial charge in [-0.15, -0.1) is 0 Å². The Bertz CT molecular complexity index is 415. The molecule has 0 heterocycles. The van der Waals surface area contributed by atoms with E-state index >= 15 is 0 Å². The lowest BCUT2D eigenvalue weighted by Crippen LogP contribution is -2.23.